The Morgan fingerprint density at radius 1 is 1.22 bits per heavy atom. The van der Waals surface area contributed by atoms with Crippen LogP contribution in [0, 0.1) is 0 Å². The summed E-state index contributed by atoms with van der Waals surface area (Å²) in [6.45, 7) is 0.351. The molecule has 1 aromatic rings. The number of hydrogen-bond acceptors (Lipinski definition) is 4. The van der Waals surface area contributed by atoms with Crippen molar-refractivity contribution in [3.63, 3.8) is 0 Å². The van der Waals surface area contributed by atoms with Crippen LogP contribution >= 0.6 is 0 Å². The van der Waals surface area contributed by atoms with E-state index in [-0.39, 0.29) is 12.3 Å². The van der Waals surface area contributed by atoms with E-state index in [9.17, 15) is 9.59 Å². The molecule has 18 heavy (non-hydrogen) atoms. The topological polar surface area (TPSA) is 55.8 Å². The molecule has 0 unspecified atom stereocenters. The van der Waals surface area contributed by atoms with Gasteiger partial charge in [-0.05, 0) is 12.1 Å². The number of rotatable bonds is 5. The Morgan fingerprint density at radius 2 is 1.89 bits per heavy atom. The number of benzene rings is 1. The first-order valence-corrected chi connectivity index (χ1v) is 5.54. The van der Waals surface area contributed by atoms with Crippen molar-refractivity contribution in [1.82, 2.24) is 0 Å². The van der Waals surface area contributed by atoms with Crippen LogP contribution in [0.1, 0.15) is 16.8 Å². The van der Waals surface area contributed by atoms with Gasteiger partial charge in [0.1, 0.15) is 0 Å². The molecule has 0 heterocycles. The minimum Gasteiger partial charge on any atom is -0.465 e. The fourth-order valence-corrected chi connectivity index (χ4v) is 1.54. The van der Waals surface area contributed by atoms with E-state index >= 15 is 0 Å². The van der Waals surface area contributed by atoms with E-state index < -0.39 is 5.97 Å². The van der Waals surface area contributed by atoms with E-state index in [2.05, 4.69) is 4.74 Å². The van der Waals surface area contributed by atoms with Gasteiger partial charge in [-0.25, -0.2) is 4.79 Å². The lowest BCUT2D eigenvalue weighted by Crippen LogP contribution is -2.28. The van der Waals surface area contributed by atoms with Crippen LogP contribution in [0.3, 0.4) is 0 Å². The van der Waals surface area contributed by atoms with Crippen LogP contribution in [0.15, 0.2) is 24.3 Å². The van der Waals surface area contributed by atoms with E-state index in [4.69, 9.17) is 4.74 Å². The number of para-hydroxylation sites is 1. The highest BCUT2D eigenvalue weighted by Crippen LogP contribution is 2.20. The van der Waals surface area contributed by atoms with Crippen molar-refractivity contribution >= 4 is 17.6 Å². The van der Waals surface area contributed by atoms with Gasteiger partial charge in [-0.1, -0.05) is 12.1 Å². The number of carbonyl (C=O) groups is 2. The molecule has 0 spiro atoms. The van der Waals surface area contributed by atoms with Crippen LogP contribution in [0.5, 0.6) is 0 Å². The SMILES string of the molecule is COCCC(=O)N(C)c1ccccc1C(=O)OC. The van der Waals surface area contributed by atoms with Crippen molar-refractivity contribution in [2.24, 2.45) is 0 Å². The van der Waals surface area contributed by atoms with Crippen molar-refractivity contribution in [3.05, 3.63) is 29.8 Å². The first-order chi connectivity index (χ1) is 8.61. The maximum atomic E-state index is 11.9. The average Bonchev–Trinajstić information content (AvgIpc) is 2.43. The summed E-state index contributed by atoms with van der Waals surface area (Å²) in [6, 6.07) is 6.82. The molecule has 5 nitrogen and oxygen atoms in total. The molecule has 0 saturated carbocycles. The molecule has 0 fully saturated rings. The Hall–Kier alpha value is -1.88. The molecule has 0 N–H and O–H groups in total. The van der Waals surface area contributed by atoms with Gasteiger partial charge in [-0.3, -0.25) is 4.79 Å². The second-order valence-corrected chi connectivity index (χ2v) is 3.70. The van der Waals surface area contributed by atoms with Crippen molar-refractivity contribution in [2.45, 2.75) is 6.42 Å². The first kappa shape index (κ1) is 14.2. The van der Waals surface area contributed by atoms with Gasteiger partial charge in [0.2, 0.25) is 5.91 Å². The highest BCUT2D eigenvalue weighted by molar-refractivity contribution is 6.02. The smallest absolute Gasteiger partial charge is 0.339 e. The molecular weight excluding hydrogens is 234 g/mol. The third kappa shape index (κ3) is 3.30. The summed E-state index contributed by atoms with van der Waals surface area (Å²) in [5.74, 6) is -0.579. The van der Waals surface area contributed by atoms with E-state index in [1.54, 1.807) is 31.3 Å². The number of esters is 1. The largest absolute Gasteiger partial charge is 0.465 e. The molecule has 0 aliphatic rings. The Labute approximate surface area is 106 Å². The molecule has 0 aliphatic carbocycles. The summed E-state index contributed by atoms with van der Waals surface area (Å²) >= 11 is 0. The standard InChI is InChI=1S/C13H17NO4/c1-14(12(15)8-9-17-2)11-7-5-4-6-10(11)13(16)18-3/h4-7H,8-9H2,1-3H3. The van der Waals surface area contributed by atoms with Crippen LogP contribution in [0.2, 0.25) is 0 Å². The number of hydrogen-bond donors (Lipinski definition) is 0. The fourth-order valence-electron chi connectivity index (χ4n) is 1.54. The maximum Gasteiger partial charge on any atom is 0.339 e. The zero-order valence-electron chi connectivity index (χ0n) is 10.8. The lowest BCUT2D eigenvalue weighted by atomic mass is 10.1. The lowest BCUT2D eigenvalue weighted by Gasteiger charge is -2.19. The minimum absolute atomic E-state index is 0.117. The van der Waals surface area contributed by atoms with Gasteiger partial charge < -0.3 is 14.4 Å². The predicted octanol–water partition coefficient (Wildman–Crippen LogP) is 1.47. The molecule has 0 aromatic heterocycles. The van der Waals surface area contributed by atoms with Crippen LogP contribution < -0.4 is 4.90 Å². The van der Waals surface area contributed by atoms with Gasteiger partial charge in [0.05, 0.1) is 31.4 Å². The number of anilines is 1. The third-order valence-electron chi connectivity index (χ3n) is 2.56. The molecule has 0 aliphatic heterocycles. The molecule has 5 heteroatoms. The molecule has 1 amide bonds. The molecule has 0 saturated heterocycles. The Balaban J connectivity index is 2.94. The van der Waals surface area contributed by atoms with Gasteiger partial charge in [0.25, 0.3) is 0 Å². The molecular formula is C13H17NO4. The van der Waals surface area contributed by atoms with E-state index in [1.165, 1.54) is 19.1 Å². The number of amides is 1. The van der Waals surface area contributed by atoms with Gasteiger partial charge in [0, 0.05) is 14.2 Å². The quantitative estimate of drug-likeness (QED) is 0.744. The van der Waals surface area contributed by atoms with E-state index in [0.717, 1.165) is 0 Å². The van der Waals surface area contributed by atoms with Crippen molar-refractivity contribution in [3.8, 4) is 0 Å². The highest BCUT2D eigenvalue weighted by Gasteiger charge is 2.18. The summed E-state index contributed by atoms with van der Waals surface area (Å²) in [7, 11) is 4.47. The highest BCUT2D eigenvalue weighted by atomic mass is 16.5. The number of ether oxygens (including phenoxy) is 2. The molecule has 1 rings (SSSR count). The maximum absolute atomic E-state index is 11.9. The number of nitrogens with zero attached hydrogens (tertiary/aromatic N) is 1. The first-order valence-electron chi connectivity index (χ1n) is 5.54. The summed E-state index contributed by atoms with van der Waals surface area (Å²) in [6.07, 6.45) is 0.266. The van der Waals surface area contributed by atoms with Gasteiger partial charge in [-0.2, -0.15) is 0 Å². The molecule has 0 radical (unpaired) electrons. The van der Waals surface area contributed by atoms with Crippen molar-refractivity contribution in [2.75, 3.05) is 32.8 Å². The Morgan fingerprint density at radius 3 is 2.50 bits per heavy atom. The van der Waals surface area contributed by atoms with Crippen LogP contribution in [0.4, 0.5) is 5.69 Å². The van der Waals surface area contributed by atoms with Crippen LogP contribution in [0.25, 0.3) is 0 Å². The van der Waals surface area contributed by atoms with E-state index in [1.807, 2.05) is 0 Å². The molecule has 0 atom stereocenters. The number of methoxy groups -OCH3 is 2. The van der Waals surface area contributed by atoms with E-state index in [0.29, 0.717) is 17.9 Å². The lowest BCUT2D eigenvalue weighted by molar-refractivity contribution is -0.119. The monoisotopic (exact) mass is 251 g/mol. The zero-order chi connectivity index (χ0) is 13.5. The Kier molecular flexibility index (Phi) is 5.32. The van der Waals surface area contributed by atoms with Gasteiger partial charge >= 0.3 is 5.97 Å². The third-order valence-corrected chi connectivity index (χ3v) is 2.56. The summed E-state index contributed by atoms with van der Waals surface area (Å²) in [5, 5.41) is 0. The Bertz CT molecular complexity index is 431. The predicted molar refractivity (Wildman–Crippen MR) is 67.7 cm³/mol. The number of carbonyl (C=O) groups excluding carboxylic acids is 2. The van der Waals surface area contributed by atoms with Crippen molar-refractivity contribution < 1.29 is 19.1 Å². The van der Waals surface area contributed by atoms with Gasteiger partial charge in [0.15, 0.2) is 0 Å². The molecule has 0 bridgehead atoms. The molecule has 98 valence electrons. The summed E-state index contributed by atoms with van der Waals surface area (Å²) in [5.41, 5.74) is 0.902. The fraction of sp³-hybridized carbons (Fsp3) is 0.385. The molecule has 1 aromatic carbocycles. The van der Waals surface area contributed by atoms with Gasteiger partial charge in [-0.15, -0.1) is 0 Å². The minimum atomic E-state index is -0.461. The zero-order valence-corrected chi connectivity index (χ0v) is 10.8. The van der Waals surface area contributed by atoms with Crippen LogP contribution in [-0.2, 0) is 14.3 Å². The average molecular weight is 251 g/mol. The second kappa shape index (κ2) is 6.76. The van der Waals surface area contributed by atoms with Crippen LogP contribution in [-0.4, -0.2) is 39.8 Å². The normalized spacial score (nSPS) is 9.94. The summed E-state index contributed by atoms with van der Waals surface area (Å²) in [4.78, 5) is 24.9. The summed E-state index contributed by atoms with van der Waals surface area (Å²) < 4.78 is 9.54. The second-order valence-electron chi connectivity index (χ2n) is 3.70. The van der Waals surface area contributed by atoms with Crippen molar-refractivity contribution in [1.29, 1.82) is 0 Å².